The van der Waals surface area contributed by atoms with Crippen LogP contribution < -0.4 is 5.32 Å². The molecule has 1 fully saturated rings. The van der Waals surface area contributed by atoms with Crippen LogP contribution in [-0.2, 0) is 27.5 Å². The second kappa shape index (κ2) is 6.88. The number of rotatable bonds is 3. The molecule has 2 aliphatic rings. The lowest BCUT2D eigenvalue weighted by molar-refractivity contribution is 0.194. The van der Waals surface area contributed by atoms with Gasteiger partial charge in [0.2, 0.25) is 9.84 Å². The number of hydrogen-bond donors (Lipinski definition) is 1. The summed E-state index contributed by atoms with van der Waals surface area (Å²) in [6.07, 6.45) is 1.68. The summed E-state index contributed by atoms with van der Waals surface area (Å²) in [5, 5.41) is 4.40. The lowest BCUT2D eigenvalue weighted by Gasteiger charge is -2.12. The first-order chi connectivity index (χ1) is 13.5. The number of benzene rings is 2. The molecule has 3 aromatic rings. The van der Waals surface area contributed by atoms with E-state index in [-0.39, 0.29) is 15.7 Å². The van der Waals surface area contributed by atoms with Crippen LogP contribution in [-0.4, -0.2) is 28.2 Å². The Morgan fingerprint density at radius 1 is 1.14 bits per heavy atom. The fourth-order valence-corrected chi connectivity index (χ4v) is 5.76. The molecular weight excluding hydrogens is 398 g/mol. The molecule has 1 saturated heterocycles. The molecule has 2 aromatic carbocycles. The van der Waals surface area contributed by atoms with Crippen LogP contribution in [0.25, 0.3) is 11.0 Å². The van der Waals surface area contributed by atoms with Gasteiger partial charge in [-0.2, -0.15) is 0 Å². The fraction of sp³-hybridized carbons (Fsp3) is 0.333. The zero-order valence-corrected chi connectivity index (χ0v) is 16.8. The van der Waals surface area contributed by atoms with Crippen molar-refractivity contribution in [3.8, 4) is 0 Å². The number of nitrogens with one attached hydrogen (secondary N) is 1. The number of sulfone groups is 1. The van der Waals surface area contributed by atoms with Gasteiger partial charge in [0, 0.05) is 43.0 Å². The van der Waals surface area contributed by atoms with E-state index in [1.165, 1.54) is 6.07 Å². The molecule has 1 aromatic heterocycles. The Kier molecular flexibility index (Phi) is 4.47. The molecule has 0 spiro atoms. The number of hydrogen-bond acceptors (Lipinski definition) is 5. The predicted molar refractivity (Wildman–Crippen MR) is 107 cm³/mol. The van der Waals surface area contributed by atoms with Crippen molar-refractivity contribution >= 4 is 32.4 Å². The second-order valence-electron chi connectivity index (χ2n) is 7.35. The monoisotopic (exact) mass is 417 g/mol. The number of halogens is 1. The Morgan fingerprint density at radius 3 is 2.86 bits per heavy atom. The van der Waals surface area contributed by atoms with Gasteiger partial charge in [-0.05, 0) is 36.2 Å². The Balaban J connectivity index is 1.61. The van der Waals surface area contributed by atoms with Gasteiger partial charge in [0.1, 0.15) is 5.76 Å². The van der Waals surface area contributed by atoms with Crippen LogP contribution in [0.5, 0.6) is 0 Å². The van der Waals surface area contributed by atoms with Crippen LogP contribution in [0.1, 0.15) is 29.2 Å². The molecule has 0 radical (unpaired) electrons. The molecule has 5 rings (SSSR count). The van der Waals surface area contributed by atoms with Gasteiger partial charge in [0.15, 0.2) is 5.58 Å². The van der Waals surface area contributed by atoms with Crippen LogP contribution in [0.2, 0.25) is 5.02 Å². The van der Waals surface area contributed by atoms with Gasteiger partial charge in [0.05, 0.1) is 21.4 Å². The van der Waals surface area contributed by atoms with E-state index in [9.17, 15) is 8.42 Å². The lowest BCUT2D eigenvalue weighted by Crippen LogP contribution is -2.22. The van der Waals surface area contributed by atoms with Crippen LogP contribution in [0.3, 0.4) is 0 Å². The third kappa shape index (κ3) is 2.95. The largest absolute Gasteiger partial charge is 0.459 e. The van der Waals surface area contributed by atoms with E-state index in [1.807, 2.05) is 6.07 Å². The van der Waals surface area contributed by atoms with Crippen LogP contribution >= 0.6 is 11.6 Å². The summed E-state index contributed by atoms with van der Waals surface area (Å²) < 4.78 is 38.0. The highest BCUT2D eigenvalue weighted by Gasteiger charge is 2.26. The van der Waals surface area contributed by atoms with Gasteiger partial charge in [-0.1, -0.05) is 23.7 Å². The smallest absolute Gasteiger partial charge is 0.206 e. The Labute approximate surface area is 168 Å². The summed E-state index contributed by atoms with van der Waals surface area (Å²) in [6, 6.07) is 10.3. The van der Waals surface area contributed by atoms with Gasteiger partial charge >= 0.3 is 0 Å². The number of fused-ring (bicyclic) bond motifs is 3. The maximum atomic E-state index is 13.4. The Bertz CT molecular complexity index is 1160. The van der Waals surface area contributed by atoms with Gasteiger partial charge in [-0.3, -0.25) is 0 Å². The van der Waals surface area contributed by atoms with E-state index >= 15 is 0 Å². The van der Waals surface area contributed by atoms with Gasteiger partial charge < -0.3 is 14.5 Å². The maximum absolute atomic E-state index is 13.4. The second-order valence-corrected chi connectivity index (χ2v) is 9.71. The highest BCUT2D eigenvalue weighted by Crippen LogP contribution is 2.37. The van der Waals surface area contributed by atoms with E-state index in [1.54, 1.807) is 24.3 Å². The van der Waals surface area contributed by atoms with Crippen LogP contribution in [0.15, 0.2) is 50.6 Å². The molecule has 146 valence electrons. The molecule has 1 atom stereocenters. The van der Waals surface area contributed by atoms with Crippen molar-refractivity contribution in [1.29, 1.82) is 0 Å². The molecule has 28 heavy (non-hydrogen) atoms. The molecule has 5 nitrogen and oxygen atoms in total. The van der Waals surface area contributed by atoms with Crippen molar-refractivity contribution in [2.75, 3.05) is 19.8 Å². The van der Waals surface area contributed by atoms with Gasteiger partial charge in [0.25, 0.3) is 0 Å². The molecule has 1 unspecified atom stereocenters. The topological polar surface area (TPSA) is 68.5 Å². The summed E-state index contributed by atoms with van der Waals surface area (Å²) in [4.78, 5) is 0.474. The van der Waals surface area contributed by atoms with Crippen LogP contribution in [0, 0.1) is 0 Å². The highest BCUT2D eigenvalue weighted by molar-refractivity contribution is 7.91. The van der Waals surface area contributed by atoms with Gasteiger partial charge in [-0.25, -0.2) is 8.42 Å². The molecule has 0 amide bonds. The van der Waals surface area contributed by atoms with E-state index in [0.717, 1.165) is 41.7 Å². The van der Waals surface area contributed by atoms with Crippen molar-refractivity contribution in [2.24, 2.45) is 0 Å². The summed E-state index contributed by atoms with van der Waals surface area (Å²) in [5.41, 5.74) is 2.55. The number of furan rings is 1. The minimum absolute atomic E-state index is 0.194. The van der Waals surface area contributed by atoms with E-state index in [0.29, 0.717) is 30.4 Å². The maximum Gasteiger partial charge on any atom is 0.206 e. The Hall–Kier alpha value is -1.86. The van der Waals surface area contributed by atoms with Crippen molar-refractivity contribution in [3.05, 3.63) is 58.3 Å². The average molecular weight is 418 g/mol. The summed E-state index contributed by atoms with van der Waals surface area (Å²) in [7, 11) is -3.70. The summed E-state index contributed by atoms with van der Waals surface area (Å²) >= 11 is 6.42. The minimum Gasteiger partial charge on any atom is -0.459 e. The highest BCUT2D eigenvalue weighted by atomic mass is 35.5. The lowest BCUT2D eigenvalue weighted by atomic mass is 9.99. The minimum atomic E-state index is -3.70. The SMILES string of the molecule is O=S(=O)(c1cccc(C2CCOC2)c1)c1cc(Cl)c2oc3c(c2c1)CNCC3. The Morgan fingerprint density at radius 2 is 2.04 bits per heavy atom. The summed E-state index contributed by atoms with van der Waals surface area (Å²) in [5.74, 6) is 1.13. The van der Waals surface area contributed by atoms with Gasteiger partial charge in [-0.15, -0.1) is 0 Å². The summed E-state index contributed by atoms with van der Waals surface area (Å²) in [6.45, 7) is 2.84. The molecule has 7 heteroatoms. The van der Waals surface area contributed by atoms with Crippen LogP contribution in [0.4, 0.5) is 0 Å². The molecule has 0 saturated carbocycles. The molecular formula is C21H20ClNO4S. The van der Waals surface area contributed by atoms with Crippen molar-refractivity contribution in [2.45, 2.75) is 35.1 Å². The fourth-order valence-electron chi connectivity index (χ4n) is 4.07. The van der Waals surface area contributed by atoms with Crippen molar-refractivity contribution < 1.29 is 17.6 Å². The van der Waals surface area contributed by atoms with Crippen molar-refractivity contribution in [1.82, 2.24) is 5.32 Å². The molecule has 1 N–H and O–H groups in total. The third-order valence-electron chi connectivity index (χ3n) is 5.61. The van der Waals surface area contributed by atoms with E-state index < -0.39 is 9.84 Å². The first kappa shape index (κ1) is 18.2. The normalized spacial score (nSPS) is 19.8. The van der Waals surface area contributed by atoms with E-state index in [4.69, 9.17) is 20.8 Å². The zero-order chi connectivity index (χ0) is 19.3. The number of ether oxygens (including phenoxy) is 1. The third-order valence-corrected chi connectivity index (χ3v) is 7.63. The zero-order valence-electron chi connectivity index (χ0n) is 15.2. The van der Waals surface area contributed by atoms with E-state index in [2.05, 4.69) is 5.32 Å². The molecule has 0 aliphatic carbocycles. The molecule has 0 bridgehead atoms. The van der Waals surface area contributed by atoms with Crippen molar-refractivity contribution in [3.63, 3.8) is 0 Å². The standard InChI is InChI=1S/C21H20ClNO4S/c22-19-10-16(9-17-18-11-23-6-4-20(18)27-21(17)19)28(24,25)15-3-1-2-13(8-15)14-5-7-26-12-14/h1-3,8-10,14,23H,4-7,11-12H2. The first-order valence-electron chi connectivity index (χ1n) is 9.41. The quantitative estimate of drug-likeness (QED) is 0.695. The molecule has 3 heterocycles. The first-order valence-corrected chi connectivity index (χ1v) is 11.3. The molecule has 2 aliphatic heterocycles. The average Bonchev–Trinajstić information content (AvgIpc) is 3.36. The predicted octanol–water partition coefficient (Wildman–Crippen LogP) is 4.07.